The second-order valence-corrected chi connectivity index (χ2v) is 7.98. The van der Waals surface area contributed by atoms with E-state index in [9.17, 15) is 9.59 Å². The largest absolute Gasteiger partial charge is 0.381 e. The zero-order valence-corrected chi connectivity index (χ0v) is 17.0. The number of anilines is 1. The van der Waals surface area contributed by atoms with Gasteiger partial charge in [0, 0.05) is 31.9 Å². The summed E-state index contributed by atoms with van der Waals surface area (Å²) in [5.41, 5.74) is 4.40. The van der Waals surface area contributed by atoms with E-state index in [1.807, 2.05) is 43.0 Å². The number of nitrogens with two attached hydrogens (primary N) is 1. The third-order valence-corrected chi connectivity index (χ3v) is 6.12. The molecule has 6 nitrogen and oxygen atoms in total. The molecule has 6 heteroatoms. The molecule has 2 aliphatic heterocycles. The van der Waals surface area contributed by atoms with E-state index in [0.29, 0.717) is 35.8 Å². The zero-order chi connectivity index (χ0) is 20.5. The van der Waals surface area contributed by atoms with Crippen LogP contribution in [0.4, 0.5) is 5.69 Å². The molecular weight excluding hydrogens is 366 g/mol. The topological polar surface area (TPSA) is 75.9 Å². The Morgan fingerprint density at radius 2 is 1.90 bits per heavy atom. The summed E-state index contributed by atoms with van der Waals surface area (Å²) in [6.45, 7) is 6.66. The number of hydrogen-bond donors (Lipinski definition) is 1. The lowest BCUT2D eigenvalue weighted by Crippen LogP contribution is -2.39. The Labute approximate surface area is 171 Å². The maximum Gasteiger partial charge on any atom is 0.272 e. The molecular formula is C23H27N3O3. The lowest BCUT2D eigenvalue weighted by atomic mass is 10.00. The number of aryl methyl sites for hydroxylation is 1. The highest BCUT2D eigenvalue weighted by Gasteiger charge is 2.34. The molecule has 0 atom stereocenters. The third kappa shape index (κ3) is 3.66. The summed E-state index contributed by atoms with van der Waals surface area (Å²) in [4.78, 5) is 28.1. The van der Waals surface area contributed by atoms with Crippen LogP contribution in [0.5, 0.6) is 0 Å². The number of hydrogen-bond acceptors (Lipinski definition) is 4. The minimum atomic E-state index is -0.310. The van der Waals surface area contributed by atoms with Crippen molar-refractivity contribution < 1.29 is 14.3 Å². The smallest absolute Gasteiger partial charge is 0.272 e. The monoisotopic (exact) mass is 393 g/mol. The molecule has 2 aromatic rings. The number of benzene rings is 2. The molecule has 4 rings (SSSR count). The molecule has 0 unspecified atom stereocenters. The van der Waals surface area contributed by atoms with Crippen molar-refractivity contribution in [3.8, 4) is 0 Å². The van der Waals surface area contributed by atoms with Crippen LogP contribution in [0.25, 0.3) is 0 Å². The highest BCUT2D eigenvalue weighted by Crippen LogP contribution is 2.33. The van der Waals surface area contributed by atoms with E-state index in [2.05, 4.69) is 0 Å². The van der Waals surface area contributed by atoms with Crippen molar-refractivity contribution in [2.24, 2.45) is 11.8 Å². The fraction of sp³-hybridized carbons (Fsp3) is 0.391. The summed E-state index contributed by atoms with van der Waals surface area (Å²) < 4.78 is 5.43. The Bertz CT molecular complexity index is 950. The molecule has 2 N–H and O–H groups in total. The fourth-order valence-electron chi connectivity index (χ4n) is 4.21. The third-order valence-electron chi connectivity index (χ3n) is 6.12. The quantitative estimate of drug-likeness (QED) is 0.492. The van der Waals surface area contributed by atoms with E-state index in [0.717, 1.165) is 47.8 Å². The molecule has 2 amide bonds. The average Bonchev–Trinajstić information content (AvgIpc) is 3.05. The van der Waals surface area contributed by atoms with Gasteiger partial charge in [-0.05, 0) is 61.4 Å². The Morgan fingerprint density at radius 3 is 2.66 bits per heavy atom. The molecule has 2 aromatic carbocycles. The summed E-state index contributed by atoms with van der Waals surface area (Å²) in [7, 11) is 0. The van der Waals surface area contributed by atoms with Gasteiger partial charge in [0.1, 0.15) is 0 Å². The van der Waals surface area contributed by atoms with Crippen LogP contribution >= 0.6 is 0 Å². The van der Waals surface area contributed by atoms with E-state index in [1.54, 1.807) is 12.1 Å². The summed E-state index contributed by atoms with van der Waals surface area (Å²) in [6, 6.07) is 11.1. The Hall–Kier alpha value is -2.70. The summed E-state index contributed by atoms with van der Waals surface area (Å²) in [6.07, 6.45) is 1.95. The lowest BCUT2D eigenvalue weighted by molar-refractivity contribution is 0.0469. The van der Waals surface area contributed by atoms with Crippen molar-refractivity contribution in [3.05, 3.63) is 64.2 Å². The molecule has 0 aliphatic carbocycles. The average molecular weight is 393 g/mol. The number of rotatable bonds is 4. The molecule has 2 heterocycles. The number of amides is 2. The van der Waals surface area contributed by atoms with E-state index < -0.39 is 0 Å². The van der Waals surface area contributed by atoms with E-state index >= 15 is 0 Å². The number of fused-ring (bicyclic) bond motifs is 1. The first-order valence-corrected chi connectivity index (χ1v) is 10.1. The van der Waals surface area contributed by atoms with Gasteiger partial charge in [-0.1, -0.05) is 24.3 Å². The predicted molar refractivity (Wildman–Crippen MR) is 112 cm³/mol. The van der Waals surface area contributed by atoms with Crippen molar-refractivity contribution >= 4 is 17.5 Å². The minimum Gasteiger partial charge on any atom is -0.381 e. The first-order valence-electron chi connectivity index (χ1n) is 10.1. The van der Waals surface area contributed by atoms with Gasteiger partial charge in [-0.2, -0.15) is 0 Å². The molecule has 29 heavy (non-hydrogen) atoms. The van der Waals surface area contributed by atoms with Crippen LogP contribution in [-0.2, 0) is 11.3 Å². The van der Waals surface area contributed by atoms with Crippen molar-refractivity contribution in [2.75, 3.05) is 24.8 Å². The van der Waals surface area contributed by atoms with Crippen molar-refractivity contribution in [3.63, 3.8) is 0 Å². The van der Waals surface area contributed by atoms with Crippen LogP contribution in [0.1, 0.15) is 50.2 Å². The van der Waals surface area contributed by atoms with Gasteiger partial charge in [0.2, 0.25) is 0 Å². The summed E-state index contributed by atoms with van der Waals surface area (Å²) in [5.74, 6) is 6.35. The predicted octanol–water partition coefficient (Wildman–Crippen LogP) is 3.21. The van der Waals surface area contributed by atoms with E-state index in [-0.39, 0.29) is 11.8 Å². The second-order valence-electron chi connectivity index (χ2n) is 7.98. The van der Waals surface area contributed by atoms with Gasteiger partial charge in [-0.15, -0.1) is 0 Å². The zero-order valence-electron chi connectivity index (χ0n) is 17.0. The van der Waals surface area contributed by atoms with Crippen LogP contribution in [0, 0.1) is 19.8 Å². The molecule has 0 bridgehead atoms. The second kappa shape index (κ2) is 7.97. The number of hydrazine groups is 1. The summed E-state index contributed by atoms with van der Waals surface area (Å²) in [5, 5.41) is 1.12. The van der Waals surface area contributed by atoms with Gasteiger partial charge < -0.3 is 9.64 Å². The van der Waals surface area contributed by atoms with Gasteiger partial charge in [-0.3, -0.25) is 9.59 Å². The standard InChI is InChI=1S/C23H27N3O3/c1-15-5-3-7-19(16(15)2)22(27)26(24)20-8-4-6-18-14-25(23(28)21(18)20)13-17-9-11-29-12-10-17/h3-8,17H,9-14,24H2,1-2H3. The van der Waals surface area contributed by atoms with Gasteiger partial charge in [0.05, 0.1) is 11.3 Å². The molecule has 0 spiro atoms. The van der Waals surface area contributed by atoms with Crippen LogP contribution in [0.3, 0.4) is 0 Å². The summed E-state index contributed by atoms with van der Waals surface area (Å²) >= 11 is 0. The maximum atomic E-state index is 13.2. The Balaban J connectivity index is 1.60. The molecule has 0 saturated carbocycles. The van der Waals surface area contributed by atoms with Crippen LogP contribution in [0.2, 0.25) is 0 Å². The van der Waals surface area contributed by atoms with Crippen molar-refractivity contribution in [1.82, 2.24) is 4.90 Å². The number of carbonyl (C=O) groups is 2. The van der Waals surface area contributed by atoms with Gasteiger partial charge >= 0.3 is 0 Å². The minimum absolute atomic E-state index is 0.0497. The van der Waals surface area contributed by atoms with Gasteiger partial charge in [0.15, 0.2) is 0 Å². The van der Waals surface area contributed by atoms with Crippen LogP contribution in [-0.4, -0.2) is 36.5 Å². The normalized spacial score (nSPS) is 16.8. The van der Waals surface area contributed by atoms with Crippen molar-refractivity contribution in [1.29, 1.82) is 0 Å². The van der Waals surface area contributed by atoms with Gasteiger partial charge in [0.25, 0.3) is 11.8 Å². The van der Waals surface area contributed by atoms with Crippen LogP contribution < -0.4 is 10.9 Å². The van der Waals surface area contributed by atoms with Crippen LogP contribution in [0.15, 0.2) is 36.4 Å². The molecule has 0 aromatic heterocycles. The number of nitrogens with zero attached hydrogens (tertiary/aromatic N) is 2. The number of carbonyl (C=O) groups excluding carboxylic acids is 2. The molecule has 1 fully saturated rings. The molecule has 1 saturated heterocycles. The van der Waals surface area contributed by atoms with Crippen molar-refractivity contribution in [2.45, 2.75) is 33.2 Å². The van der Waals surface area contributed by atoms with E-state index in [1.165, 1.54) is 0 Å². The Morgan fingerprint density at radius 1 is 1.17 bits per heavy atom. The van der Waals surface area contributed by atoms with Gasteiger partial charge in [-0.25, -0.2) is 10.9 Å². The lowest BCUT2D eigenvalue weighted by Gasteiger charge is -2.27. The van der Waals surface area contributed by atoms with E-state index in [4.69, 9.17) is 10.6 Å². The highest BCUT2D eigenvalue weighted by molar-refractivity contribution is 6.11. The number of ether oxygens (including phenoxy) is 1. The first kappa shape index (κ1) is 19.6. The first-order chi connectivity index (χ1) is 14.0. The molecule has 2 aliphatic rings. The highest BCUT2D eigenvalue weighted by atomic mass is 16.5. The Kier molecular flexibility index (Phi) is 5.39. The maximum absolute atomic E-state index is 13.2. The SMILES string of the molecule is Cc1cccc(C(=O)N(N)c2cccc3c2C(=O)N(CC2CCOCC2)C3)c1C. The fourth-order valence-corrected chi connectivity index (χ4v) is 4.21. The molecule has 0 radical (unpaired) electrons. The molecule has 152 valence electrons.